The van der Waals surface area contributed by atoms with Crippen LogP contribution in [0.3, 0.4) is 0 Å². The number of anilines is 1. The van der Waals surface area contributed by atoms with Crippen molar-refractivity contribution in [3.63, 3.8) is 0 Å². The van der Waals surface area contributed by atoms with Crippen molar-refractivity contribution in [2.45, 2.75) is 10.4 Å². The fourth-order valence-electron chi connectivity index (χ4n) is 0.987. The summed E-state index contributed by atoms with van der Waals surface area (Å²) in [6.07, 6.45) is 0.995. The molecule has 0 aliphatic rings. The van der Waals surface area contributed by atoms with Gasteiger partial charge in [0, 0.05) is 17.8 Å². The van der Waals surface area contributed by atoms with Gasteiger partial charge in [0.25, 0.3) is 10.8 Å². The first-order valence-corrected chi connectivity index (χ1v) is 5.10. The average Bonchev–Trinajstić information content (AvgIpc) is 2.64. The summed E-state index contributed by atoms with van der Waals surface area (Å²) >= 11 is 0.866. The fourth-order valence-corrected chi connectivity index (χ4v) is 1.69. The molecule has 2 heterocycles. The van der Waals surface area contributed by atoms with Crippen LogP contribution in [0.1, 0.15) is 10.5 Å². The standard InChI is InChI=1S/C8H6N4O4S/c9-4-1-5(13)12-7(11-4)17-8-10-3(2-16-8)6(14)15/h1-2H,(H,14,15)(H3,9,11,12,13). The Morgan fingerprint density at radius 2 is 2.29 bits per heavy atom. The van der Waals surface area contributed by atoms with Crippen LogP contribution in [0.5, 0.6) is 0 Å². The van der Waals surface area contributed by atoms with E-state index in [4.69, 9.17) is 15.3 Å². The number of hydrogen-bond donors (Lipinski definition) is 3. The number of rotatable bonds is 3. The van der Waals surface area contributed by atoms with E-state index in [-0.39, 0.29) is 21.9 Å². The van der Waals surface area contributed by atoms with Crippen LogP contribution in [-0.4, -0.2) is 26.0 Å². The molecule has 0 atom stereocenters. The molecule has 0 saturated carbocycles. The van der Waals surface area contributed by atoms with Gasteiger partial charge in [-0.3, -0.25) is 4.79 Å². The van der Waals surface area contributed by atoms with E-state index in [2.05, 4.69) is 15.0 Å². The molecule has 0 unspecified atom stereocenters. The topological polar surface area (TPSA) is 135 Å². The molecule has 0 aromatic carbocycles. The van der Waals surface area contributed by atoms with E-state index < -0.39 is 11.5 Å². The van der Waals surface area contributed by atoms with E-state index in [1.165, 1.54) is 0 Å². The van der Waals surface area contributed by atoms with Crippen LogP contribution in [0.25, 0.3) is 0 Å². The number of aromatic nitrogens is 3. The van der Waals surface area contributed by atoms with Crippen molar-refractivity contribution in [1.82, 2.24) is 15.0 Å². The van der Waals surface area contributed by atoms with E-state index in [1.54, 1.807) is 0 Å². The Balaban J connectivity index is 2.25. The minimum atomic E-state index is -1.20. The number of nitrogens with two attached hydrogens (primary N) is 1. The predicted octanol–water partition coefficient (Wildman–Crippen LogP) is 0.190. The van der Waals surface area contributed by atoms with Gasteiger partial charge in [0.1, 0.15) is 12.1 Å². The molecule has 2 aromatic rings. The zero-order valence-electron chi connectivity index (χ0n) is 8.21. The van der Waals surface area contributed by atoms with Crippen LogP contribution in [0, 0.1) is 0 Å². The highest BCUT2D eigenvalue weighted by Gasteiger charge is 2.12. The summed E-state index contributed by atoms with van der Waals surface area (Å²) in [5.41, 5.74) is 4.74. The molecule has 0 aliphatic heterocycles. The van der Waals surface area contributed by atoms with E-state index in [0.29, 0.717) is 0 Å². The second-order valence-corrected chi connectivity index (χ2v) is 3.82. The number of nitrogens with zero attached hydrogens (tertiary/aromatic N) is 2. The van der Waals surface area contributed by atoms with Gasteiger partial charge in [0.15, 0.2) is 10.9 Å². The largest absolute Gasteiger partial charge is 0.476 e. The van der Waals surface area contributed by atoms with E-state index >= 15 is 0 Å². The molecule has 8 nitrogen and oxygen atoms in total. The van der Waals surface area contributed by atoms with Gasteiger partial charge < -0.3 is 20.2 Å². The summed E-state index contributed by atoms with van der Waals surface area (Å²) in [4.78, 5) is 31.5. The minimum Gasteiger partial charge on any atom is -0.476 e. The Morgan fingerprint density at radius 3 is 2.88 bits per heavy atom. The van der Waals surface area contributed by atoms with Crippen LogP contribution in [0.2, 0.25) is 0 Å². The van der Waals surface area contributed by atoms with Crippen LogP contribution < -0.4 is 11.3 Å². The lowest BCUT2D eigenvalue weighted by Crippen LogP contribution is -2.09. The van der Waals surface area contributed by atoms with Gasteiger partial charge in [0.2, 0.25) is 0 Å². The van der Waals surface area contributed by atoms with Gasteiger partial charge in [0.05, 0.1) is 0 Å². The molecule has 88 valence electrons. The van der Waals surface area contributed by atoms with Crippen LogP contribution in [0.15, 0.2) is 31.9 Å². The molecular formula is C8H6N4O4S. The first kappa shape index (κ1) is 11.2. The quantitative estimate of drug-likeness (QED) is 0.660. The summed E-state index contributed by atoms with van der Waals surface area (Å²) in [5.74, 6) is -1.14. The average molecular weight is 254 g/mol. The first-order valence-electron chi connectivity index (χ1n) is 4.28. The van der Waals surface area contributed by atoms with Gasteiger partial charge in [-0.25, -0.2) is 9.78 Å². The van der Waals surface area contributed by atoms with Crippen LogP contribution >= 0.6 is 11.8 Å². The molecule has 0 fully saturated rings. The van der Waals surface area contributed by atoms with Crippen molar-refractivity contribution >= 4 is 23.5 Å². The SMILES string of the molecule is Nc1cc(=O)[nH]c(Sc2nc(C(=O)O)co2)n1. The summed E-state index contributed by atoms with van der Waals surface area (Å²) in [5, 5.41) is 8.85. The number of nitrogen functional groups attached to an aromatic ring is 1. The van der Waals surface area contributed by atoms with Crippen molar-refractivity contribution in [1.29, 1.82) is 0 Å². The second kappa shape index (κ2) is 4.29. The molecule has 17 heavy (non-hydrogen) atoms. The van der Waals surface area contributed by atoms with Gasteiger partial charge in [-0.15, -0.1) is 0 Å². The zero-order chi connectivity index (χ0) is 12.4. The number of H-pyrrole nitrogens is 1. The fraction of sp³-hybridized carbons (Fsp3) is 0. The van der Waals surface area contributed by atoms with Gasteiger partial charge in [-0.1, -0.05) is 0 Å². The monoisotopic (exact) mass is 254 g/mol. The molecule has 4 N–H and O–H groups in total. The number of nitrogens with one attached hydrogen (secondary N) is 1. The van der Waals surface area contributed by atoms with Crippen molar-refractivity contribution in [3.8, 4) is 0 Å². The number of hydrogen-bond acceptors (Lipinski definition) is 7. The molecule has 2 aromatic heterocycles. The van der Waals surface area contributed by atoms with Gasteiger partial charge >= 0.3 is 5.97 Å². The molecule has 0 aliphatic carbocycles. The predicted molar refractivity (Wildman–Crippen MR) is 56.9 cm³/mol. The lowest BCUT2D eigenvalue weighted by molar-refractivity contribution is 0.0690. The van der Waals surface area contributed by atoms with Crippen molar-refractivity contribution < 1.29 is 14.3 Å². The minimum absolute atomic E-state index is 0.0520. The zero-order valence-corrected chi connectivity index (χ0v) is 9.02. The Kier molecular flexibility index (Phi) is 2.83. The van der Waals surface area contributed by atoms with E-state index in [0.717, 1.165) is 24.1 Å². The Morgan fingerprint density at radius 1 is 1.53 bits per heavy atom. The molecule has 0 bridgehead atoms. The molecule has 0 saturated heterocycles. The highest BCUT2D eigenvalue weighted by Crippen LogP contribution is 2.23. The van der Waals surface area contributed by atoms with Crippen molar-refractivity contribution in [3.05, 3.63) is 28.4 Å². The summed E-state index contributed by atoms with van der Waals surface area (Å²) in [6, 6.07) is 1.13. The number of aromatic carboxylic acids is 1. The molecule has 9 heteroatoms. The Hall–Kier alpha value is -2.29. The van der Waals surface area contributed by atoms with Crippen molar-refractivity contribution in [2.75, 3.05) is 5.73 Å². The number of oxazole rings is 1. The number of carbonyl (C=O) groups is 1. The van der Waals surface area contributed by atoms with E-state index in [9.17, 15) is 9.59 Å². The van der Waals surface area contributed by atoms with Crippen LogP contribution in [-0.2, 0) is 0 Å². The molecular weight excluding hydrogens is 248 g/mol. The summed E-state index contributed by atoms with van der Waals surface area (Å²) < 4.78 is 4.88. The van der Waals surface area contributed by atoms with Gasteiger partial charge in [-0.2, -0.15) is 4.98 Å². The smallest absolute Gasteiger partial charge is 0.357 e. The lowest BCUT2D eigenvalue weighted by atomic mass is 10.5. The molecule has 0 radical (unpaired) electrons. The van der Waals surface area contributed by atoms with E-state index in [1.807, 2.05) is 0 Å². The molecule has 2 rings (SSSR count). The normalized spacial score (nSPS) is 10.4. The third-order valence-electron chi connectivity index (χ3n) is 1.63. The molecule has 0 spiro atoms. The first-order chi connectivity index (χ1) is 8.04. The van der Waals surface area contributed by atoms with Crippen molar-refractivity contribution in [2.24, 2.45) is 0 Å². The van der Waals surface area contributed by atoms with Crippen LogP contribution in [0.4, 0.5) is 5.82 Å². The highest BCUT2D eigenvalue weighted by atomic mass is 32.2. The maximum atomic E-state index is 11.1. The third kappa shape index (κ3) is 2.64. The van der Waals surface area contributed by atoms with Gasteiger partial charge in [-0.05, 0) is 0 Å². The summed E-state index contributed by atoms with van der Waals surface area (Å²) in [7, 11) is 0. The lowest BCUT2D eigenvalue weighted by Gasteiger charge is -1.96. The Labute approximate surface area is 97.9 Å². The maximum Gasteiger partial charge on any atom is 0.357 e. The number of carboxylic acid groups (broad SMARTS) is 1. The third-order valence-corrected chi connectivity index (χ3v) is 2.37. The Bertz CT molecular complexity index is 620. The summed E-state index contributed by atoms with van der Waals surface area (Å²) in [6.45, 7) is 0. The molecule has 0 amide bonds. The number of aromatic amines is 1. The maximum absolute atomic E-state index is 11.1. The number of carboxylic acids is 1. The second-order valence-electron chi connectivity index (χ2n) is 2.88. The highest BCUT2D eigenvalue weighted by molar-refractivity contribution is 7.98.